The van der Waals surface area contributed by atoms with Gasteiger partial charge in [0.1, 0.15) is 17.2 Å². The van der Waals surface area contributed by atoms with Crippen molar-refractivity contribution >= 4 is 22.9 Å². The zero-order valence-electron chi connectivity index (χ0n) is 18.5. The van der Waals surface area contributed by atoms with Gasteiger partial charge in [-0.1, -0.05) is 12.1 Å². The predicted molar refractivity (Wildman–Crippen MR) is 127 cm³/mol. The zero-order chi connectivity index (χ0) is 22.2. The molecule has 2 aliphatic rings. The number of nitrogens with one attached hydrogen (secondary N) is 1. The monoisotopic (exact) mass is 441 g/mol. The summed E-state index contributed by atoms with van der Waals surface area (Å²) in [5.74, 6) is 2.07. The van der Waals surface area contributed by atoms with E-state index in [9.17, 15) is 4.79 Å². The summed E-state index contributed by atoms with van der Waals surface area (Å²) in [6.07, 6.45) is 7.93. The van der Waals surface area contributed by atoms with Gasteiger partial charge >= 0.3 is 0 Å². The van der Waals surface area contributed by atoms with Gasteiger partial charge in [0.25, 0.3) is 0 Å². The number of piperidine rings is 1. The van der Waals surface area contributed by atoms with Crippen LogP contribution in [-0.2, 0) is 4.79 Å². The van der Waals surface area contributed by atoms with E-state index in [0.717, 1.165) is 85.9 Å². The molecule has 1 aromatic carbocycles. The minimum atomic E-state index is 0.0664. The topological polar surface area (TPSA) is 82.9 Å². The Morgan fingerprint density at radius 3 is 2.76 bits per heavy atom. The molecule has 1 N–H and O–H groups in total. The van der Waals surface area contributed by atoms with Crippen LogP contribution in [0.15, 0.2) is 54.9 Å². The van der Waals surface area contributed by atoms with Crippen LogP contribution in [0, 0.1) is 5.92 Å². The normalized spacial score (nSPS) is 18.8. The summed E-state index contributed by atoms with van der Waals surface area (Å²) in [5, 5.41) is 4.31. The maximum Gasteiger partial charge on any atom is 0.227 e. The third-order valence-corrected chi connectivity index (χ3v) is 6.73. The first kappa shape index (κ1) is 20.0. The van der Waals surface area contributed by atoms with Crippen molar-refractivity contribution in [2.45, 2.75) is 25.7 Å². The van der Waals surface area contributed by atoms with Gasteiger partial charge in [0.2, 0.25) is 5.91 Å². The number of rotatable bonds is 4. The van der Waals surface area contributed by atoms with Crippen LogP contribution in [0.2, 0.25) is 0 Å². The number of carbonyl (C=O) groups excluding carboxylic acids is 1. The maximum atomic E-state index is 12.9. The summed E-state index contributed by atoms with van der Waals surface area (Å²) in [6, 6.07) is 14.1. The Labute approximate surface area is 192 Å². The van der Waals surface area contributed by atoms with Crippen molar-refractivity contribution in [3.63, 3.8) is 0 Å². The highest BCUT2D eigenvalue weighted by Crippen LogP contribution is 2.27. The van der Waals surface area contributed by atoms with Crippen LogP contribution in [0.25, 0.3) is 28.2 Å². The fourth-order valence-corrected chi connectivity index (χ4v) is 5.00. The maximum absolute atomic E-state index is 12.9. The molecule has 2 saturated heterocycles. The van der Waals surface area contributed by atoms with Gasteiger partial charge in [-0.25, -0.2) is 14.6 Å². The molecule has 3 aromatic heterocycles. The van der Waals surface area contributed by atoms with E-state index < -0.39 is 0 Å². The summed E-state index contributed by atoms with van der Waals surface area (Å²) < 4.78 is 1.83. The van der Waals surface area contributed by atoms with E-state index in [1.54, 1.807) is 6.20 Å². The number of benzene rings is 1. The van der Waals surface area contributed by atoms with E-state index in [2.05, 4.69) is 21.0 Å². The largest absolute Gasteiger partial charge is 0.356 e. The number of hydrogen-bond donors (Lipinski definition) is 1. The van der Waals surface area contributed by atoms with Gasteiger partial charge in [-0.2, -0.15) is 5.10 Å². The van der Waals surface area contributed by atoms with Gasteiger partial charge < -0.3 is 14.8 Å². The standard InChI is InChI=1S/C25H27N7O/c33-25(30-12-1-2-13-30)19-7-4-14-31(17-19)22-10-9-21-24(28-22)29-23(27-21)18-6-3-8-20(16-18)32-15-5-11-26-32/h3,5-6,8-11,15-16,19H,1-2,4,7,12-14,17H2,(H,27,28,29). The number of aromatic amines is 1. The molecule has 5 heterocycles. The smallest absolute Gasteiger partial charge is 0.227 e. The van der Waals surface area contributed by atoms with Crippen LogP contribution in [-0.4, -0.2) is 61.7 Å². The minimum Gasteiger partial charge on any atom is -0.356 e. The number of amides is 1. The lowest BCUT2D eigenvalue weighted by Crippen LogP contribution is -2.44. The van der Waals surface area contributed by atoms with Gasteiger partial charge in [-0.3, -0.25) is 4.79 Å². The molecule has 1 unspecified atom stereocenters. The van der Waals surface area contributed by atoms with Gasteiger partial charge in [0, 0.05) is 44.1 Å². The second kappa shape index (κ2) is 8.35. The Balaban J connectivity index is 1.24. The number of imidazole rings is 1. The van der Waals surface area contributed by atoms with E-state index in [4.69, 9.17) is 9.97 Å². The Hall–Kier alpha value is -3.68. The van der Waals surface area contributed by atoms with Crippen molar-refractivity contribution in [1.82, 2.24) is 29.6 Å². The molecular weight excluding hydrogens is 414 g/mol. The van der Waals surface area contributed by atoms with Crippen molar-refractivity contribution in [3.8, 4) is 17.1 Å². The van der Waals surface area contributed by atoms with Crippen molar-refractivity contribution in [3.05, 3.63) is 54.9 Å². The van der Waals surface area contributed by atoms with E-state index >= 15 is 0 Å². The lowest BCUT2D eigenvalue weighted by molar-refractivity contribution is -0.134. The summed E-state index contributed by atoms with van der Waals surface area (Å²) >= 11 is 0. The van der Waals surface area contributed by atoms with Crippen molar-refractivity contribution < 1.29 is 4.79 Å². The molecule has 0 bridgehead atoms. The fraction of sp³-hybridized carbons (Fsp3) is 0.360. The Morgan fingerprint density at radius 2 is 1.91 bits per heavy atom. The van der Waals surface area contributed by atoms with E-state index in [1.165, 1.54) is 0 Å². The van der Waals surface area contributed by atoms with Crippen LogP contribution >= 0.6 is 0 Å². The highest BCUT2D eigenvalue weighted by molar-refractivity contribution is 5.81. The van der Waals surface area contributed by atoms with Crippen LogP contribution in [0.5, 0.6) is 0 Å². The number of likely N-dealkylation sites (tertiary alicyclic amines) is 1. The van der Waals surface area contributed by atoms with Crippen LogP contribution in [0.3, 0.4) is 0 Å². The highest BCUT2D eigenvalue weighted by Gasteiger charge is 2.31. The van der Waals surface area contributed by atoms with Crippen LogP contribution in [0.1, 0.15) is 25.7 Å². The lowest BCUT2D eigenvalue weighted by atomic mass is 9.96. The number of anilines is 1. The second-order valence-corrected chi connectivity index (χ2v) is 8.94. The van der Waals surface area contributed by atoms with Gasteiger partial charge in [0.05, 0.1) is 11.6 Å². The number of nitrogens with zero attached hydrogens (tertiary/aromatic N) is 6. The number of hydrogen-bond acceptors (Lipinski definition) is 5. The Bertz CT molecular complexity index is 1270. The Kier molecular flexibility index (Phi) is 5.05. The Morgan fingerprint density at radius 1 is 1.00 bits per heavy atom. The molecule has 1 atom stereocenters. The molecule has 33 heavy (non-hydrogen) atoms. The second-order valence-electron chi connectivity index (χ2n) is 8.94. The van der Waals surface area contributed by atoms with Gasteiger partial charge in [0.15, 0.2) is 5.65 Å². The number of aromatic nitrogens is 5. The van der Waals surface area contributed by atoms with E-state index in [0.29, 0.717) is 5.91 Å². The van der Waals surface area contributed by atoms with E-state index in [1.807, 2.05) is 52.2 Å². The number of pyridine rings is 1. The summed E-state index contributed by atoms with van der Waals surface area (Å²) in [5.41, 5.74) is 3.56. The molecule has 8 nitrogen and oxygen atoms in total. The summed E-state index contributed by atoms with van der Waals surface area (Å²) in [6.45, 7) is 3.49. The van der Waals surface area contributed by atoms with Crippen molar-refractivity contribution in [1.29, 1.82) is 0 Å². The molecule has 1 amide bonds. The molecular formula is C25H27N7O. The average molecular weight is 442 g/mol. The summed E-state index contributed by atoms with van der Waals surface area (Å²) in [4.78, 5) is 30.2. The number of carbonyl (C=O) groups is 1. The van der Waals surface area contributed by atoms with Gasteiger partial charge in [-0.15, -0.1) is 0 Å². The summed E-state index contributed by atoms with van der Waals surface area (Å²) in [7, 11) is 0. The van der Waals surface area contributed by atoms with E-state index in [-0.39, 0.29) is 5.92 Å². The average Bonchev–Trinajstić information content (AvgIpc) is 3.65. The third-order valence-electron chi connectivity index (χ3n) is 6.73. The molecule has 0 spiro atoms. The molecule has 6 rings (SSSR count). The third kappa shape index (κ3) is 3.86. The molecule has 0 radical (unpaired) electrons. The molecule has 0 aliphatic carbocycles. The SMILES string of the molecule is O=C(C1CCCN(c2ccc3nc(-c4cccc(-n5cccn5)c4)[nH]c3n2)C1)N1CCCC1. The quantitative estimate of drug-likeness (QED) is 0.523. The number of H-pyrrole nitrogens is 1. The molecule has 168 valence electrons. The molecule has 4 aromatic rings. The zero-order valence-corrected chi connectivity index (χ0v) is 18.5. The van der Waals surface area contributed by atoms with Crippen LogP contribution in [0.4, 0.5) is 5.82 Å². The first-order valence-corrected chi connectivity index (χ1v) is 11.8. The number of fused-ring (bicyclic) bond motifs is 1. The highest BCUT2D eigenvalue weighted by atomic mass is 16.2. The van der Waals surface area contributed by atoms with Crippen molar-refractivity contribution in [2.24, 2.45) is 5.92 Å². The fourth-order valence-electron chi connectivity index (χ4n) is 5.00. The molecule has 0 saturated carbocycles. The lowest BCUT2D eigenvalue weighted by Gasteiger charge is -2.34. The van der Waals surface area contributed by atoms with Crippen molar-refractivity contribution in [2.75, 3.05) is 31.1 Å². The first-order valence-electron chi connectivity index (χ1n) is 11.8. The molecule has 8 heteroatoms. The van der Waals surface area contributed by atoms with Gasteiger partial charge in [-0.05, 0) is 56.0 Å². The predicted octanol–water partition coefficient (Wildman–Crippen LogP) is 3.65. The minimum absolute atomic E-state index is 0.0664. The van der Waals surface area contributed by atoms with Crippen LogP contribution < -0.4 is 4.90 Å². The molecule has 2 fully saturated rings. The molecule has 2 aliphatic heterocycles. The first-order chi connectivity index (χ1) is 16.2.